The highest BCUT2D eigenvalue weighted by molar-refractivity contribution is 5.82. The van der Waals surface area contributed by atoms with E-state index in [4.69, 9.17) is 0 Å². The Morgan fingerprint density at radius 3 is 2.42 bits per heavy atom. The first-order valence-corrected chi connectivity index (χ1v) is 3.43. The van der Waals surface area contributed by atoms with Crippen molar-refractivity contribution in [3.05, 3.63) is 0 Å². The zero-order valence-corrected chi connectivity index (χ0v) is 6.90. The molecule has 0 saturated carbocycles. The molecule has 0 saturated heterocycles. The average Bonchev–Trinajstić information content (AvgIpc) is 2.00. The Hall–Kier alpha value is -1.39. The van der Waals surface area contributed by atoms with Gasteiger partial charge in [0.05, 0.1) is 0 Å². The summed E-state index contributed by atoms with van der Waals surface area (Å²) in [6, 6.07) is 0. The maximum atomic E-state index is 10.8. The fourth-order valence-electron chi connectivity index (χ4n) is 0.622. The summed E-state index contributed by atoms with van der Waals surface area (Å²) < 4.78 is 8.54. The SMILES string of the molecule is CCC(OC(C)=O)C(=O)OC=O. The van der Waals surface area contributed by atoms with E-state index in [1.807, 2.05) is 0 Å². The molecule has 0 radical (unpaired) electrons. The van der Waals surface area contributed by atoms with Crippen molar-refractivity contribution < 1.29 is 23.9 Å². The van der Waals surface area contributed by atoms with Gasteiger partial charge in [-0.2, -0.15) is 0 Å². The van der Waals surface area contributed by atoms with Crippen LogP contribution in [0, 0.1) is 0 Å². The molecule has 1 atom stereocenters. The van der Waals surface area contributed by atoms with Crippen LogP contribution in [0.1, 0.15) is 20.3 Å². The molecule has 0 aliphatic carbocycles. The summed E-state index contributed by atoms with van der Waals surface area (Å²) in [6.07, 6.45) is -0.695. The van der Waals surface area contributed by atoms with Crippen LogP contribution in [0.15, 0.2) is 0 Å². The van der Waals surface area contributed by atoms with Crippen LogP contribution in [0.5, 0.6) is 0 Å². The highest BCUT2D eigenvalue weighted by atomic mass is 16.6. The highest BCUT2D eigenvalue weighted by Gasteiger charge is 2.20. The fraction of sp³-hybridized carbons (Fsp3) is 0.571. The lowest BCUT2D eigenvalue weighted by molar-refractivity contribution is -0.168. The van der Waals surface area contributed by atoms with E-state index in [2.05, 4.69) is 9.47 Å². The van der Waals surface area contributed by atoms with Gasteiger partial charge in [0.1, 0.15) is 0 Å². The van der Waals surface area contributed by atoms with Gasteiger partial charge < -0.3 is 9.47 Å². The second-order valence-electron chi connectivity index (χ2n) is 2.04. The van der Waals surface area contributed by atoms with Crippen LogP contribution in [0.4, 0.5) is 0 Å². The van der Waals surface area contributed by atoms with Crippen LogP contribution in [0.25, 0.3) is 0 Å². The predicted octanol–water partition coefficient (Wildman–Crippen LogP) is 0.0277. The second kappa shape index (κ2) is 5.29. The van der Waals surface area contributed by atoms with Crippen molar-refractivity contribution >= 4 is 18.4 Å². The van der Waals surface area contributed by atoms with Gasteiger partial charge in [0.15, 0.2) is 6.10 Å². The van der Waals surface area contributed by atoms with Crippen LogP contribution in [-0.2, 0) is 23.9 Å². The van der Waals surface area contributed by atoms with Crippen molar-refractivity contribution in [2.75, 3.05) is 0 Å². The van der Waals surface area contributed by atoms with E-state index in [0.29, 0.717) is 0 Å². The molecule has 5 heteroatoms. The summed E-state index contributed by atoms with van der Waals surface area (Å²) in [5.74, 6) is -1.42. The zero-order valence-electron chi connectivity index (χ0n) is 6.90. The number of carbonyl (C=O) groups is 3. The van der Waals surface area contributed by atoms with Gasteiger partial charge in [0.2, 0.25) is 0 Å². The highest BCUT2D eigenvalue weighted by Crippen LogP contribution is 2.00. The van der Waals surface area contributed by atoms with E-state index in [1.54, 1.807) is 6.92 Å². The van der Waals surface area contributed by atoms with Crippen molar-refractivity contribution in [2.45, 2.75) is 26.4 Å². The molecular weight excluding hydrogens is 164 g/mol. The van der Waals surface area contributed by atoms with Gasteiger partial charge in [-0.15, -0.1) is 0 Å². The molecular formula is C7H10O5. The summed E-state index contributed by atoms with van der Waals surface area (Å²) in [4.78, 5) is 30.9. The number of hydrogen-bond acceptors (Lipinski definition) is 5. The first kappa shape index (κ1) is 10.6. The van der Waals surface area contributed by atoms with E-state index in [-0.39, 0.29) is 12.9 Å². The Labute approximate surface area is 69.6 Å². The molecule has 0 amide bonds. The Kier molecular flexibility index (Phi) is 4.67. The lowest BCUT2D eigenvalue weighted by Crippen LogP contribution is -2.27. The predicted molar refractivity (Wildman–Crippen MR) is 38.0 cm³/mol. The molecule has 68 valence electrons. The lowest BCUT2D eigenvalue weighted by Gasteiger charge is -2.10. The van der Waals surface area contributed by atoms with E-state index in [1.165, 1.54) is 6.92 Å². The minimum atomic E-state index is -0.979. The molecule has 0 aromatic heterocycles. The lowest BCUT2D eigenvalue weighted by atomic mass is 10.3. The number of ether oxygens (including phenoxy) is 2. The van der Waals surface area contributed by atoms with Crippen LogP contribution in [0.3, 0.4) is 0 Å². The largest absolute Gasteiger partial charge is 0.451 e. The van der Waals surface area contributed by atoms with Crippen molar-refractivity contribution in [2.24, 2.45) is 0 Å². The van der Waals surface area contributed by atoms with Gasteiger partial charge in [-0.1, -0.05) is 6.92 Å². The van der Waals surface area contributed by atoms with Crippen molar-refractivity contribution in [1.82, 2.24) is 0 Å². The molecule has 0 aromatic rings. The normalized spacial score (nSPS) is 11.5. The maximum Gasteiger partial charge on any atom is 0.354 e. The van der Waals surface area contributed by atoms with Crippen LogP contribution >= 0.6 is 0 Å². The van der Waals surface area contributed by atoms with Gasteiger partial charge in [-0.05, 0) is 6.42 Å². The van der Waals surface area contributed by atoms with Gasteiger partial charge in [0.25, 0.3) is 0 Å². The Bertz CT molecular complexity index is 186. The van der Waals surface area contributed by atoms with Crippen LogP contribution in [-0.4, -0.2) is 24.5 Å². The van der Waals surface area contributed by atoms with E-state index >= 15 is 0 Å². The molecule has 0 aromatic carbocycles. The number of carbonyl (C=O) groups excluding carboxylic acids is 3. The maximum absolute atomic E-state index is 10.8. The Morgan fingerprint density at radius 1 is 1.50 bits per heavy atom. The van der Waals surface area contributed by atoms with Gasteiger partial charge in [0, 0.05) is 6.92 Å². The van der Waals surface area contributed by atoms with E-state index < -0.39 is 18.0 Å². The van der Waals surface area contributed by atoms with Crippen molar-refractivity contribution in [3.8, 4) is 0 Å². The monoisotopic (exact) mass is 174 g/mol. The zero-order chi connectivity index (χ0) is 9.56. The third-order valence-corrected chi connectivity index (χ3v) is 1.11. The summed E-state index contributed by atoms with van der Waals surface area (Å²) >= 11 is 0. The summed E-state index contributed by atoms with van der Waals surface area (Å²) in [6.45, 7) is 2.82. The summed E-state index contributed by atoms with van der Waals surface area (Å²) in [5.41, 5.74) is 0. The smallest absolute Gasteiger partial charge is 0.354 e. The van der Waals surface area contributed by atoms with Gasteiger partial charge in [-0.3, -0.25) is 9.59 Å². The van der Waals surface area contributed by atoms with E-state index in [0.717, 1.165) is 0 Å². The molecule has 0 aliphatic heterocycles. The second-order valence-corrected chi connectivity index (χ2v) is 2.04. The summed E-state index contributed by atoms with van der Waals surface area (Å²) in [7, 11) is 0. The molecule has 0 rings (SSSR count). The topological polar surface area (TPSA) is 69.7 Å². The molecule has 5 nitrogen and oxygen atoms in total. The first-order valence-electron chi connectivity index (χ1n) is 3.43. The summed E-state index contributed by atoms with van der Waals surface area (Å²) in [5, 5.41) is 0. The Balaban J connectivity index is 4.04. The number of esters is 2. The standard InChI is InChI=1S/C7H10O5/c1-3-6(12-5(2)9)7(10)11-4-8/h4,6H,3H2,1-2H3. The third-order valence-electron chi connectivity index (χ3n) is 1.11. The van der Waals surface area contributed by atoms with Crippen LogP contribution in [0.2, 0.25) is 0 Å². The minimum absolute atomic E-state index is 0.00842. The minimum Gasteiger partial charge on any atom is -0.451 e. The number of hydrogen-bond donors (Lipinski definition) is 0. The van der Waals surface area contributed by atoms with Gasteiger partial charge in [-0.25, -0.2) is 4.79 Å². The molecule has 0 bridgehead atoms. The van der Waals surface area contributed by atoms with Crippen molar-refractivity contribution in [1.29, 1.82) is 0 Å². The molecule has 0 fully saturated rings. The molecule has 1 unspecified atom stereocenters. The Morgan fingerprint density at radius 2 is 2.08 bits per heavy atom. The molecule has 0 aliphatic rings. The number of rotatable bonds is 4. The molecule has 0 spiro atoms. The van der Waals surface area contributed by atoms with E-state index in [9.17, 15) is 14.4 Å². The van der Waals surface area contributed by atoms with Crippen LogP contribution < -0.4 is 0 Å². The molecule has 12 heavy (non-hydrogen) atoms. The first-order chi connectivity index (χ1) is 5.61. The third kappa shape index (κ3) is 3.70. The molecule has 0 N–H and O–H groups in total. The molecule has 0 heterocycles. The quantitative estimate of drug-likeness (QED) is 0.341. The fourth-order valence-corrected chi connectivity index (χ4v) is 0.622. The van der Waals surface area contributed by atoms with Crippen molar-refractivity contribution in [3.63, 3.8) is 0 Å². The average molecular weight is 174 g/mol. The van der Waals surface area contributed by atoms with Gasteiger partial charge >= 0.3 is 18.4 Å².